The molecule has 8 heteroatoms. The van der Waals surface area contributed by atoms with Crippen molar-refractivity contribution in [1.29, 1.82) is 0 Å². The van der Waals surface area contributed by atoms with E-state index in [2.05, 4.69) is 22.5 Å². The molecule has 0 aromatic heterocycles. The highest BCUT2D eigenvalue weighted by Gasteiger charge is 2.63. The van der Waals surface area contributed by atoms with Gasteiger partial charge in [-0.3, -0.25) is 4.21 Å². The molecule has 0 saturated carbocycles. The lowest BCUT2D eigenvalue weighted by Crippen LogP contribution is -2.60. The van der Waals surface area contributed by atoms with Crippen LogP contribution >= 0.6 is 15.9 Å². The molecule has 28 heavy (non-hydrogen) atoms. The van der Waals surface area contributed by atoms with Crippen LogP contribution in [0.25, 0.3) is 0 Å². The molecule has 0 aliphatic heterocycles. The van der Waals surface area contributed by atoms with Crippen LogP contribution in [0.2, 0.25) is 0 Å². The first kappa shape index (κ1) is 25.3. The van der Waals surface area contributed by atoms with Crippen molar-refractivity contribution in [1.82, 2.24) is 0 Å². The Balaban J connectivity index is 3.72. The number of rotatable bonds is 8. The highest BCUT2D eigenvalue weighted by atomic mass is 79.9. The van der Waals surface area contributed by atoms with Gasteiger partial charge in [0.1, 0.15) is 17.2 Å². The average molecular weight is 487 g/mol. The van der Waals surface area contributed by atoms with Crippen LogP contribution in [0.4, 0.5) is 17.6 Å². The lowest BCUT2D eigenvalue weighted by atomic mass is 9.72. The third-order valence-electron chi connectivity index (χ3n) is 4.72. The molecular formula is C20H27BrF4O2S. The predicted octanol–water partition coefficient (Wildman–Crippen LogP) is 6.15. The highest BCUT2D eigenvalue weighted by molar-refractivity contribution is 9.10. The first-order valence-corrected chi connectivity index (χ1v) is 10.8. The van der Waals surface area contributed by atoms with Crippen molar-refractivity contribution in [3.63, 3.8) is 0 Å². The van der Waals surface area contributed by atoms with E-state index in [-0.39, 0.29) is 11.1 Å². The molecule has 2 atom stereocenters. The number of halogens is 5. The maximum absolute atomic E-state index is 15.9. The van der Waals surface area contributed by atoms with Crippen molar-refractivity contribution in [3.05, 3.63) is 46.5 Å². The molecule has 2 nitrogen and oxygen atoms in total. The molecule has 0 amide bonds. The van der Waals surface area contributed by atoms with Crippen LogP contribution in [0.3, 0.4) is 0 Å². The summed E-state index contributed by atoms with van der Waals surface area (Å²) in [5.74, 6) is -6.25. The van der Waals surface area contributed by atoms with Gasteiger partial charge >= 0.3 is 0 Å². The lowest BCUT2D eigenvalue weighted by molar-refractivity contribution is -0.217. The van der Waals surface area contributed by atoms with Gasteiger partial charge in [0.25, 0.3) is 5.92 Å². The fraction of sp³-hybridized carbons (Fsp3) is 0.600. The topological polar surface area (TPSA) is 26.3 Å². The number of benzene rings is 1. The summed E-state index contributed by atoms with van der Waals surface area (Å²) in [4.78, 5) is 0. The van der Waals surface area contributed by atoms with Crippen LogP contribution < -0.4 is 0 Å². The second kappa shape index (κ2) is 8.56. The van der Waals surface area contributed by atoms with Gasteiger partial charge in [0.05, 0.1) is 16.5 Å². The predicted molar refractivity (Wildman–Crippen MR) is 109 cm³/mol. The van der Waals surface area contributed by atoms with Crippen molar-refractivity contribution >= 4 is 26.7 Å². The van der Waals surface area contributed by atoms with Gasteiger partial charge < -0.3 is 4.74 Å². The standard InChI is InChI=1S/C20H27BrF4O2S/c1-8-9-27-18(5,6)20(24,25)19(7,12-28(26)17(2,3)4)13-10-14(21)16(23)11-15(13)22/h8,10-11H,1,9,12H2,2-7H3/t19-,28+/m1/s1. The Kier molecular flexibility index (Phi) is 7.74. The molecule has 1 aromatic carbocycles. The fourth-order valence-corrected chi connectivity index (χ4v) is 4.42. The highest BCUT2D eigenvalue weighted by Crippen LogP contribution is 2.50. The normalized spacial score (nSPS) is 16.5. The molecular weight excluding hydrogens is 460 g/mol. The molecule has 0 fully saturated rings. The molecule has 0 N–H and O–H groups in total. The maximum atomic E-state index is 15.9. The Bertz CT molecular complexity index is 759. The first-order valence-electron chi connectivity index (χ1n) is 8.67. The lowest BCUT2D eigenvalue weighted by Gasteiger charge is -2.46. The summed E-state index contributed by atoms with van der Waals surface area (Å²) >= 11 is 2.93. The van der Waals surface area contributed by atoms with Crippen LogP contribution in [-0.2, 0) is 21.0 Å². The zero-order chi connectivity index (χ0) is 22.1. The fourth-order valence-electron chi connectivity index (χ4n) is 2.78. The van der Waals surface area contributed by atoms with E-state index in [1.165, 1.54) is 19.9 Å². The van der Waals surface area contributed by atoms with Gasteiger partial charge in [0.2, 0.25) is 0 Å². The number of ether oxygens (including phenoxy) is 1. The van der Waals surface area contributed by atoms with Gasteiger partial charge in [0, 0.05) is 32.9 Å². The van der Waals surface area contributed by atoms with Gasteiger partial charge in [-0.05, 0) is 63.5 Å². The van der Waals surface area contributed by atoms with E-state index in [1.54, 1.807) is 20.8 Å². The largest absolute Gasteiger partial charge is 0.365 e. The van der Waals surface area contributed by atoms with Crippen LogP contribution in [0, 0.1) is 11.6 Å². The molecule has 0 unspecified atom stereocenters. The zero-order valence-electron chi connectivity index (χ0n) is 17.0. The second-order valence-corrected chi connectivity index (χ2v) is 11.4. The average Bonchev–Trinajstić information content (AvgIpc) is 2.54. The SMILES string of the molecule is C=CCOC(C)(C)C(F)(F)[C@](C)(C[S@](=O)C(C)(C)C)c1cc(Br)c(F)cc1F. The van der Waals surface area contributed by atoms with Crippen LogP contribution in [-0.4, -0.2) is 32.8 Å². The summed E-state index contributed by atoms with van der Waals surface area (Å²) < 4.78 is 77.3. The van der Waals surface area contributed by atoms with Gasteiger partial charge in [-0.15, -0.1) is 6.58 Å². The van der Waals surface area contributed by atoms with Crippen LogP contribution in [0.5, 0.6) is 0 Å². The molecule has 0 spiro atoms. The molecule has 0 aliphatic rings. The quantitative estimate of drug-likeness (QED) is 0.250. The van der Waals surface area contributed by atoms with E-state index in [9.17, 15) is 13.0 Å². The third kappa shape index (κ3) is 4.87. The monoisotopic (exact) mass is 486 g/mol. The van der Waals surface area contributed by atoms with Crippen molar-refractivity contribution in [2.24, 2.45) is 0 Å². The Morgan fingerprint density at radius 2 is 1.64 bits per heavy atom. The minimum atomic E-state index is -3.66. The van der Waals surface area contributed by atoms with Gasteiger partial charge in [0.15, 0.2) is 0 Å². The van der Waals surface area contributed by atoms with Crippen LogP contribution in [0.1, 0.15) is 47.1 Å². The molecule has 0 radical (unpaired) electrons. The van der Waals surface area contributed by atoms with Crippen molar-refractivity contribution in [2.75, 3.05) is 12.4 Å². The number of hydrogen-bond acceptors (Lipinski definition) is 2. The summed E-state index contributed by atoms with van der Waals surface area (Å²) in [7, 11) is -1.75. The number of alkyl halides is 2. The number of hydrogen-bond donors (Lipinski definition) is 0. The van der Waals surface area contributed by atoms with Gasteiger partial charge in [-0.25, -0.2) is 17.6 Å². The molecule has 0 aliphatic carbocycles. The van der Waals surface area contributed by atoms with E-state index in [0.717, 1.165) is 13.0 Å². The van der Waals surface area contributed by atoms with E-state index in [4.69, 9.17) is 4.74 Å². The summed E-state index contributed by atoms with van der Waals surface area (Å²) in [5, 5.41) is 0. The Morgan fingerprint density at radius 1 is 1.11 bits per heavy atom. The molecule has 0 bridgehead atoms. The summed E-state index contributed by atoms with van der Waals surface area (Å²) in [5.41, 5.74) is -4.71. The van der Waals surface area contributed by atoms with Crippen LogP contribution in [0.15, 0.2) is 29.3 Å². The van der Waals surface area contributed by atoms with Crippen molar-refractivity contribution in [3.8, 4) is 0 Å². The van der Waals surface area contributed by atoms with E-state index < -0.39 is 55.4 Å². The van der Waals surface area contributed by atoms with E-state index in [0.29, 0.717) is 6.07 Å². The van der Waals surface area contributed by atoms with Crippen molar-refractivity contribution in [2.45, 2.75) is 63.2 Å². The molecule has 0 saturated heterocycles. The minimum Gasteiger partial charge on any atom is -0.365 e. The van der Waals surface area contributed by atoms with E-state index in [1.807, 2.05) is 0 Å². The Morgan fingerprint density at radius 3 is 2.11 bits per heavy atom. The summed E-state index contributed by atoms with van der Waals surface area (Å²) in [6.45, 7) is 11.8. The van der Waals surface area contributed by atoms with Gasteiger partial charge in [-0.2, -0.15) is 0 Å². The summed E-state index contributed by atoms with van der Waals surface area (Å²) in [6.07, 6.45) is 1.33. The van der Waals surface area contributed by atoms with E-state index >= 15 is 8.78 Å². The molecule has 1 rings (SSSR count). The summed E-state index contributed by atoms with van der Waals surface area (Å²) in [6, 6.07) is 1.54. The smallest absolute Gasteiger partial charge is 0.286 e. The van der Waals surface area contributed by atoms with Gasteiger partial charge in [-0.1, -0.05) is 6.08 Å². The second-order valence-electron chi connectivity index (χ2n) is 8.36. The zero-order valence-corrected chi connectivity index (χ0v) is 19.4. The minimum absolute atomic E-state index is 0.142. The Hall–Kier alpha value is -0.730. The molecule has 160 valence electrons. The third-order valence-corrected chi connectivity index (χ3v) is 7.53. The Labute approximate surface area is 175 Å². The molecule has 0 heterocycles. The van der Waals surface area contributed by atoms with Crippen molar-refractivity contribution < 1.29 is 26.5 Å². The maximum Gasteiger partial charge on any atom is 0.286 e. The first-order chi connectivity index (χ1) is 12.5. The molecule has 1 aromatic rings.